The molecule has 0 radical (unpaired) electrons. The second kappa shape index (κ2) is 5.67. The van der Waals surface area contributed by atoms with Gasteiger partial charge in [-0.25, -0.2) is 4.98 Å². The first-order valence-electron chi connectivity index (χ1n) is 6.62. The van der Waals surface area contributed by atoms with Gasteiger partial charge in [0.05, 0.1) is 6.10 Å². The van der Waals surface area contributed by atoms with Gasteiger partial charge >= 0.3 is 0 Å². The predicted octanol–water partition coefficient (Wildman–Crippen LogP) is 2.10. The fourth-order valence-electron chi connectivity index (χ4n) is 2.52. The van der Waals surface area contributed by atoms with E-state index >= 15 is 0 Å². The Kier molecular flexibility index (Phi) is 4.19. The normalized spacial score (nSPS) is 26.1. The zero-order chi connectivity index (χ0) is 13.1. The molecule has 1 fully saturated rings. The molecule has 1 saturated heterocycles. The Bertz CT molecular complexity index is 377. The van der Waals surface area contributed by atoms with Gasteiger partial charge in [-0.15, -0.1) is 0 Å². The summed E-state index contributed by atoms with van der Waals surface area (Å²) in [7, 11) is 1.79. The minimum Gasteiger partial charge on any atom is -0.381 e. The van der Waals surface area contributed by atoms with Gasteiger partial charge in [0.15, 0.2) is 0 Å². The van der Waals surface area contributed by atoms with Crippen molar-refractivity contribution in [2.24, 2.45) is 5.73 Å². The van der Waals surface area contributed by atoms with Crippen molar-refractivity contribution in [3.63, 3.8) is 0 Å². The largest absolute Gasteiger partial charge is 0.381 e. The maximum atomic E-state index is 5.84. The van der Waals surface area contributed by atoms with E-state index in [1.807, 2.05) is 13.1 Å². The number of nitrogens with zero attached hydrogens (tertiary/aromatic N) is 2. The molecule has 1 aromatic rings. The Labute approximate surface area is 109 Å². The summed E-state index contributed by atoms with van der Waals surface area (Å²) in [5, 5.41) is 0. The molecule has 0 amide bonds. The Hall–Kier alpha value is -1.13. The number of rotatable bonds is 3. The van der Waals surface area contributed by atoms with Crippen LogP contribution in [0.1, 0.15) is 38.3 Å². The summed E-state index contributed by atoms with van der Waals surface area (Å²) < 4.78 is 5.43. The maximum Gasteiger partial charge on any atom is 0.128 e. The number of nitrogens with two attached hydrogens (primary N) is 1. The van der Waals surface area contributed by atoms with Crippen LogP contribution in [0.25, 0.3) is 0 Å². The second-order valence-electron chi connectivity index (χ2n) is 5.16. The molecule has 0 aliphatic carbocycles. The summed E-state index contributed by atoms with van der Waals surface area (Å²) >= 11 is 0. The highest BCUT2D eigenvalue weighted by Gasteiger charge is 2.26. The minimum absolute atomic E-state index is 0.0446. The lowest BCUT2D eigenvalue weighted by atomic mass is 10.0. The Morgan fingerprint density at radius 2 is 2.28 bits per heavy atom. The third kappa shape index (κ3) is 2.82. The molecule has 1 aliphatic rings. The fraction of sp³-hybridized carbons (Fsp3) is 0.643. The van der Waals surface area contributed by atoms with Gasteiger partial charge in [0, 0.05) is 31.9 Å². The van der Waals surface area contributed by atoms with E-state index in [-0.39, 0.29) is 6.04 Å². The number of methoxy groups -OCH3 is 1. The topological polar surface area (TPSA) is 51.4 Å². The zero-order valence-electron chi connectivity index (χ0n) is 11.5. The highest BCUT2D eigenvalue weighted by molar-refractivity contribution is 5.41. The molecular weight excluding hydrogens is 226 g/mol. The van der Waals surface area contributed by atoms with E-state index in [0.29, 0.717) is 12.1 Å². The van der Waals surface area contributed by atoms with Crippen molar-refractivity contribution in [2.75, 3.05) is 18.6 Å². The molecule has 4 nitrogen and oxygen atoms in total. The molecule has 18 heavy (non-hydrogen) atoms. The Balaban J connectivity index is 2.07. The van der Waals surface area contributed by atoms with Gasteiger partial charge in [0.1, 0.15) is 5.82 Å². The third-order valence-corrected chi connectivity index (χ3v) is 3.75. The van der Waals surface area contributed by atoms with Gasteiger partial charge < -0.3 is 15.4 Å². The van der Waals surface area contributed by atoms with Gasteiger partial charge in [0.25, 0.3) is 0 Å². The van der Waals surface area contributed by atoms with Crippen LogP contribution in [-0.4, -0.2) is 30.8 Å². The maximum absolute atomic E-state index is 5.84. The lowest BCUT2D eigenvalue weighted by molar-refractivity contribution is 0.0719. The molecule has 2 unspecified atom stereocenters. The van der Waals surface area contributed by atoms with Gasteiger partial charge in [0.2, 0.25) is 0 Å². The minimum atomic E-state index is 0.0446. The number of aromatic nitrogens is 1. The molecule has 1 aromatic heterocycles. The van der Waals surface area contributed by atoms with Crippen molar-refractivity contribution >= 4 is 5.82 Å². The van der Waals surface area contributed by atoms with Gasteiger partial charge in [-0.1, -0.05) is 6.07 Å². The summed E-state index contributed by atoms with van der Waals surface area (Å²) in [6.45, 7) is 5.21. The third-order valence-electron chi connectivity index (χ3n) is 3.75. The van der Waals surface area contributed by atoms with Gasteiger partial charge in [-0.05, 0) is 38.3 Å². The highest BCUT2D eigenvalue weighted by atomic mass is 16.5. The number of hydrogen-bond acceptors (Lipinski definition) is 4. The van der Waals surface area contributed by atoms with Crippen molar-refractivity contribution in [1.82, 2.24) is 4.98 Å². The molecule has 1 aliphatic heterocycles. The quantitative estimate of drug-likeness (QED) is 0.891. The Morgan fingerprint density at radius 3 is 2.78 bits per heavy atom. The monoisotopic (exact) mass is 249 g/mol. The zero-order valence-corrected chi connectivity index (χ0v) is 11.5. The molecule has 2 rings (SSSR count). The lowest BCUT2D eigenvalue weighted by Gasteiger charge is -2.38. The highest BCUT2D eigenvalue weighted by Crippen LogP contribution is 2.25. The van der Waals surface area contributed by atoms with Gasteiger partial charge in [-0.3, -0.25) is 0 Å². The lowest BCUT2D eigenvalue weighted by Crippen LogP contribution is -2.43. The standard InChI is InChI=1S/C14H23N3O/c1-10-8-13(18-3)6-7-17(10)14-5-4-12(9-16-14)11(2)15/h4-5,9-11,13H,6-8,15H2,1-3H3/t10?,11-,13?/m0/s1. The van der Waals surface area contributed by atoms with E-state index in [4.69, 9.17) is 10.5 Å². The predicted molar refractivity (Wildman–Crippen MR) is 73.7 cm³/mol. The van der Waals surface area contributed by atoms with Crippen LogP contribution in [0.2, 0.25) is 0 Å². The van der Waals surface area contributed by atoms with E-state index in [9.17, 15) is 0 Å². The molecule has 0 aromatic carbocycles. The van der Waals surface area contributed by atoms with Crippen LogP contribution in [0.4, 0.5) is 5.82 Å². The average Bonchev–Trinajstić information content (AvgIpc) is 2.38. The van der Waals surface area contributed by atoms with Crippen molar-refractivity contribution < 1.29 is 4.74 Å². The number of piperidine rings is 1. The summed E-state index contributed by atoms with van der Waals surface area (Å²) in [6.07, 6.45) is 4.40. The smallest absolute Gasteiger partial charge is 0.128 e. The summed E-state index contributed by atoms with van der Waals surface area (Å²) in [5.74, 6) is 1.04. The van der Waals surface area contributed by atoms with E-state index in [1.54, 1.807) is 7.11 Å². The first kappa shape index (κ1) is 13.3. The van der Waals surface area contributed by atoms with Crippen LogP contribution in [0.5, 0.6) is 0 Å². The summed E-state index contributed by atoms with van der Waals surface area (Å²) in [6, 6.07) is 4.66. The average molecular weight is 249 g/mol. The molecule has 4 heteroatoms. The molecule has 0 spiro atoms. The van der Waals surface area contributed by atoms with E-state index < -0.39 is 0 Å². The van der Waals surface area contributed by atoms with Crippen LogP contribution in [-0.2, 0) is 4.74 Å². The van der Waals surface area contributed by atoms with E-state index in [1.165, 1.54) is 0 Å². The number of ether oxygens (including phenoxy) is 1. The summed E-state index contributed by atoms with van der Waals surface area (Å²) in [5.41, 5.74) is 6.92. The Morgan fingerprint density at radius 1 is 1.50 bits per heavy atom. The first-order valence-corrected chi connectivity index (χ1v) is 6.62. The van der Waals surface area contributed by atoms with E-state index in [0.717, 1.165) is 30.8 Å². The van der Waals surface area contributed by atoms with Crippen molar-refractivity contribution in [3.05, 3.63) is 23.9 Å². The molecule has 100 valence electrons. The van der Waals surface area contributed by atoms with Crippen LogP contribution in [0, 0.1) is 0 Å². The van der Waals surface area contributed by atoms with Crippen molar-refractivity contribution in [3.8, 4) is 0 Å². The number of pyridine rings is 1. The van der Waals surface area contributed by atoms with Crippen molar-refractivity contribution in [2.45, 2.75) is 44.9 Å². The molecule has 2 heterocycles. The van der Waals surface area contributed by atoms with E-state index in [2.05, 4.69) is 28.9 Å². The summed E-state index contributed by atoms with van der Waals surface area (Å²) in [4.78, 5) is 6.88. The molecule has 3 atom stereocenters. The fourth-order valence-corrected chi connectivity index (χ4v) is 2.52. The number of anilines is 1. The molecule has 0 bridgehead atoms. The van der Waals surface area contributed by atoms with Crippen LogP contribution >= 0.6 is 0 Å². The van der Waals surface area contributed by atoms with Crippen LogP contribution in [0.3, 0.4) is 0 Å². The first-order chi connectivity index (χ1) is 8.61. The molecular formula is C14H23N3O. The molecule has 0 saturated carbocycles. The van der Waals surface area contributed by atoms with Crippen molar-refractivity contribution in [1.29, 1.82) is 0 Å². The SMILES string of the molecule is COC1CCN(c2ccc([C@H](C)N)cn2)C(C)C1. The molecule has 2 N–H and O–H groups in total. The van der Waals surface area contributed by atoms with Gasteiger partial charge in [-0.2, -0.15) is 0 Å². The number of hydrogen-bond donors (Lipinski definition) is 1. The van der Waals surface area contributed by atoms with Crippen LogP contribution in [0.15, 0.2) is 18.3 Å². The van der Waals surface area contributed by atoms with Crippen LogP contribution < -0.4 is 10.6 Å². The second-order valence-corrected chi connectivity index (χ2v) is 5.16.